The molecule has 0 saturated heterocycles. The SMILES string of the molecule is CCCC(C)(C)NCc1ccc([N+](=O)[O-])c(F)c1. The molecule has 0 aliphatic rings. The van der Waals surface area contributed by atoms with Gasteiger partial charge in [-0.15, -0.1) is 0 Å². The van der Waals surface area contributed by atoms with E-state index in [9.17, 15) is 14.5 Å². The van der Waals surface area contributed by atoms with E-state index in [1.165, 1.54) is 12.1 Å². The van der Waals surface area contributed by atoms with E-state index in [0.29, 0.717) is 12.1 Å². The Bertz CT molecular complexity index is 433. The molecule has 0 fully saturated rings. The van der Waals surface area contributed by atoms with Gasteiger partial charge >= 0.3 is 5.69 Å². The minimum atomic E-state index is -0.785. The quantitative estimate of drug-likeness (QED) is 0.625. The molecule has 0 aliphatic carbocycles. The summed E-state index contributed by atoms with van der Waals surface area (Å²) in [7, 11) is 0. The molecule has 0 bridgehead atoms. The van der Waals surface area contributed by atoms with Crippen LogP contribution >= 0.6 is 0 Å². The topological polar surface area (TPSA) is 55.2 Å². The van der Waals surface area contributed by atoms with Crippen LogP contribution in [0, 0.1) is 15.9 Å². The van der Waals surface area contributed by atoms with Crippen LogP contribution in [0.1, 0.15) is 39.2 Å². The summed E-state index contributed by atoms with van der Waals surface area (Å²) in [5.41, 5.74) is 0.210. The van der Waals surface area contributed by atoms with Crippen molar-refractivity contribution in [1.82, 2.24) is 5.32 Å². The summed E-state index contributed by atoms with van der Waals surface area (Å²) in [6.45, 7) is 6.77. The van der Waals surface area contributed by atoms with E-state index in [1.54, 1.807) is 6.07 Å². The van der Waals surface area contributed by atoms with E-state index in [0.717, 1.165) is 12.8 Å². The van der Waals surface area contributed by atoms with Crippen LogP contribution in [-0.4, -0.2) is 10.5 Å². The molecule has 4 nitrogen and oxygen atoms in total. The Morgan fingerprint density at radius 2 is 2.11 bits per heavy atom. The molecule has 0 aromatic heterocycles. The van der Waals surface area contributed by atoms with Crippen molar-refractivity contribution in [3.8, 4) is 0 Å². The Balaban J connectivity index is 2.70. The fourth-order valence-electron chi connectivity index (χ4n) is 1.86. The fourth-order valence-corrected chi connectivity index (χ4v) is 1.86. The van der Waals surface area contributed by atoms with Gasteiger partial charge in [-0.2, -0.15) is 4.39 Å². The molecule has 0 radical (unpaired) electrons. The van der Waals surface area contributed by atoms with Gasteiger partial charge in [0.2, 0.25) is 5.82 Å². The molecule has 1 rings (SSSR count). The van der Waals surface area contributed by atoms with Gasteiger partial charge < -0.3 is 5.32 Å². The number of nitrogens with one attached hydrogen (secondary N) is 1. The normalized spacial score (nSPS) is 11.6. The Morgan fingerprint density at radius 3 is 2.61 bits per heavy atom. The molecule has 0 atom stereocenters. The summed E-state index contributed by atoms with van der Waals surface area (Å²) < 4.78 is 13.4. The third-order valence-electron chi connectivity index (χ3n) is 2.85. The number of rotatable bonds is 6. The maximum Gasteiger partial charge on any atom is 0.304 e. The van der Waals surface area contributed by atoms with Gasteiger partial charge in [0.1, 0.15) is 0 Å². The summed E-state index contributed by atoms with van der Waals surface area (Å²) in [6, 6.07) is 4.00. The molecule has 1 aromatic rings. The van der Waals surface area contributed by atoms with Gasteiger partial charge in [-0.3, -0.25) is 10.1 Å². The average molecular weight is 254 g/mol. The number of benzene rings is 1. The van der Waals surface area contributed by atoms with Crippen molar-refractivity contribution in [1.29, 1.82) is 0 Å². The first-order valence-electron chi connectivity index (χ1n) is 6.03. The summed E-state index contributed by atoms with van der Waals surface area (Å²) in [4.78, 5) is 9.77. The van der Waals surface area contributed by atoms with Gasteiger partial charge in [0, 0.05) is 18.2 Å². The highest BCUT2D eigenvalue weighted by Crippen LogP contribution is 2.19. The van der Waals surface area contributed by atoms with Crippen LogP contribution in [0.3, 0.4) is 0 Å². The van der Waals surface area contributed by atoms with E-state index in [1.807, 2.05) is 0 Å². The Morgan fingerprint density at radius 1 is 1.44 bits per heavy atom. The van der Waals surface area contributed by atoms with Crippen molar-refractivity contribution >= 4 is 5.69 Å². The number of hydrogen-bond donors (Lipinski definition) is 1. The molecule has 0 aliphatic heterocycles. The summed E-state index contributed by atoms with van der Waals surface area (Å²) in [6.07, 6.45) is 2.08. The summed E-state index contributed by atoms with van der Waals surface area (Å²) >= 11 is 0. The Hall–Kier alpha value is -1.49. The highest BCUT2D eigenvalue weighted by molar-refractivity contribution is 5.34. The standard InChI is InChI=1S/C13H19FN2O2/c1-4-7-13(2,3)15-9-10-5-6-12(16(17)18)11(14)8-10/h5-6,8,15H,4,7,9H2,1-3H3. The van der Waals surface area contributed by atoms with Crippen LogP contribution < -0.4 is 5.32 Å². The lowest BCUT2D eigenvalue weighted by atomic mass is 9.98. The van der Waals surface area contributed by atoms with Gasteiger partial charge in [0.15, 0.2) is 0 Å². The molecular formula is C13H19FN2O2. The van der Waals surface area contributed by atoms with Crippen LogP contribution in [0.4, 0.5) is 10.1 Å². The predicted molar refractivity (Wildman–Crippen MR) is 68.9 cm³/mol. The lowest BCUT2D eigenvalue weighted by molar-refractivity contribution is -0.387. The van der Waals surface area contributed by atoms with E-state index >= 15 is 0 Å². The smallest absolute Gasteiger partial charge is 0.304 e. The van der Waals surface area contributed by atoms with E-state index in [4.69, 9.17) is 0 Å². The largest absolute Gasteiger partial charge is 0.308 e. The maximum absolute atomic E-state index is 13.4. The second kappa shape index (κ2) is 5.91. The lowest BCUT2D eigenvalue weighted by Crippen LogP contribution is -2.38. The van der Waals surface area contributed by atoms with Crippen molar-refractivity contribution in [2.75, 3.05) is 0 Å². The highest BCUT2D eigenvalue weighted by atomic mass is 19.1. The second-order valence-corrected chi connectivity index (χ2v) is 5.03. The first kappa shape index (κ1) is 14.6. The zero-order valence-electron chi connectivity index (χ0n) is 11.0. The van der Waals surface area contributed by atoms with E-state index in [2.05, 4.69) is 26.1 Å². The zero-order chi connectivity index (χ0) is 13.8. The molecule has 18 heavy (non-hydrogen) atoms. The van der Waals surface area contributed by atoms with Gasteiger partial charge in [0.25, 0.3) is 0 Å². The first-order valence-corrected chi connectivity index (χ1v) is 6.03. The zero-order valence-corrected chi connectivity index (χ0v) is 11.0. The van der Waals surface area contributed by atoms with Crippen molar-refractivity contribution in [3.05, 3.63) is 39.7 Å². The van der Waals surface area contributed by atoms with Crippen LogP contribution in [0.2, 0.25) is 0 Å². The van der Waals surface area contributed by atoms with Crippen molar-refractivity contribution in [2.45, 2.75) is 45.7 Å². The first-order chi connectivity index (χ1) is 8.35. The molecule has 0 unspecified atom stereocenters. The highest BCUT2D eigenvalue weighted by Gasteiger charge is 2.17. The van der Waals surface area contributed by atoms with Crippen LogP contribution in [0.15, 0.2) is 18.2 Å². The third kappa shape index (κ3) is 4.07. The molecule has 5 heteroatoms. The molecule has 0 amide bonds. The third-order valence-corrected chi connectivity index (χ3v) is 2.85. The maximum atomic E-state index is 13.4. The van der Waals surface area contributed by atoms with E-state index < -0.39 is 16.4 Å². The van der Waals surface area contributed by atoms with Crippen LogP contribution in [0.5, 0.6) is 0 Å². The van der Waals surface area contributed by atoms with Crippen LogP contribution in [-0.2, 0) is 6.54 Å². The predicted octanol–water partition coefficient (Wildman–Crippen LogP) is 3.40. The molecule has 100 valence electrons. The number of nitro benzene ring substituents is 1. The Kier molecular flexibility index (Phi) is 4.78. The van der Waals surface area contributed by atoms with E-state index in [-0.39, 0.29) is 5.54 Å². The van der Waals surface area contributed by atoms with Gasteiger partial charge in [-0.05, 0) is 31.9 Å². The van der Waals surface area contributed by atoms with Gasteiger partial charge in [-0.1, -0.05) is 19.4 Å². The summed E-state index contributed by atoms with van der Waals surface area (Å²) in [5, 5.41) is 13.8. The molecule has 0 saturated carbocycles. The molecular weight excluding hydrogens is 235 g/mol. The van der Waals surface area contributed by atoms with Crippen LogP contribution in [0.25, 0.3) is 0 Å². The van der Waals surface area contributed by atoms with Crippen molar-refractivity contribution < 1.29 is 9.31 Å². The lowest BCUT2D eigenvalue weighted by Gasteiger charge is -2.25. The summed E-state index contributed by atoms with van der Waals surface area (Å²) in [5.74, 6) is -0.785. The molecule has 1 aromatic carbocycles. The molecule has 0 spiro atoms. The number of nitro groups is 1. The Labute approximate surface area is 106 Å². The van der Waals surface area contributed by atoms with Crippen molar-refractivity contribution in [3.63, 3.8) is 0 Å². The van der Waals surface area contributed by atoms with Gasteiger partial charge in [0.05, 0.1) is 4.92 Å². The minimum absolute atomic E-state index is 0.0208. The number of nitrogens with zero attached hydrogens (tertiary/aromatic N) is 1. The second-order valence-electron chi connectivity index (χ2n) is 5.03. The minimum Gasteiger partial charge on any atom is -0.308 e. The molecule has 1 N–H and O–H groups in total. The van der Waals surface area contributed by atoms with Crippen molar-refractivity contribution in [2.24, 2.45) is 0 Å². The molecule has 0 heterocycles. The van der Waals surface area contributed by atoms with Gasteiger partial charge in [-0.25, -0.2) is 0 Å². The fraction of sp³-hybridized carbons (Fsp3) is 0.538. The average Bonchev–Trinajstić information content (AvgIpc) is 2.26. The number of halogens is 1. The monoisotopic (exact) mass is 254 g/mol. The number of hydrogen-bond acceptors (Lipinski definition) is 3.